The molecule has 0 saturated carbocycles. The van der Waals surface area contributed by atoms with Crippen molar-refractivity contribution in [1.82, 2.24) is 0 Å². The lowest BCUT2D eigenvalue weighted by atomic mass is 10.1. The maximum atomic E-state index is 10.1. The van der Waals surface area contributed by atoms with Gasteiger partial charge >= 0.3 is 5.97 Å². The highest BCUT2D eigenvalue weighted by atomic mass is 16.4. The van der Waals surface area contributed by atoms with E-state index in [0.717, 1.165) is 18.9 Å². The Labute approximate surface area is 112 Å². The summed E-state index contributed by atoms with van der Waals surface area (Å²) in [5.74, 6) is -1.09. The van der Waals surface area contributed by atoms with Crippen LogP contribution in [0.15, 0.2) is 12.2 Å². The molecule has 2 heteroatoms. The van der Waals surface area contributed by atoms with Gasteiger partial charge in [0.2, 0.25) is 0 Å². The summed E-state index contributed by atoms with van der Waals surface area (Å²) < 4.78 is 0. The van der Waals surface area contributed by atoms with E-state index in [9.17, 15) is 9.90 Å². The standard InChI is InChI=1S/C16H29O2/c1-2-3-4-5-6-7-8-9-10-11-12-13-14-15-16(17)18/h14-15H,2-13H2,1H3. The quantitative estimate of drug-likeness (QED) is 0.328. The first kappa shape index (κ1) is 17.2. The lowest BCUT2D eigenvalue weighted by Gasteiger charge is -2.01. The lowest BCUT2D eigenvalue weighted by molar-refractivity contribution is -0.137. The highest BCUT2D eigenvalue weighted by molar-refractivity contribution is 5.79. The van der Waals surface area contributed by atoms with Crippen LogP contribution in [0, 0.1) is 0 Å². The minimum Gasteiger partial charge on any atom is -0.242 e. The van der Waals surface area contributed by atoms with Gasteiger partial charge < -0.3 is 0 Å². The van der Waals surface area contributed by atoms with Crippen LogP contribution in [0.3, 0.4) is 0 Å². The molecular formula is C16H29O2. The van der Waals surface area contributed by atoms with Gasteiger partial charge in [-0.1, -0.05) is 77.2 Å². The average Bonchev–Trinajstić information content (AvgIpc) is 2.34. The average molecular weight is 253 g/mol. The van der Waals surface area contributed by atoms with Crippen molar-refractivity contribution in [2.45, 2.75) is 84.0 Å². The van der Waals surface area contributed by atoms with E-state index in [4.69, 9.17) is 0 Å². The third kappa shape index (κ3) is 15.2. The highest BCUT2D eigenvalue weighted by Gasteiger charge is 1.93. The number of unbranched alkanes of at least 4 members (excludes halogenated alkanes) is 11. The summed E-state index contributed by atoms with van der Waals surface area (Å²) in [6.45, 7) is 2.25. The second-order valence-electron chi connectivity index (χ2n) is 5.05. The van der Waals surface area contributed by atoms with Crippen LogP contribution in [0.1, 0.15) is 84.0 Å². The minimum absolute atomic E-state index is 0.866. The summed E-state index contributed by atoms with van der Waals surface area (Å²) >= 11 is 0. The van der Waals surface area contributed by atoms with Crippen molar-refractivity contribution in [3.8, 4) is 0 Å². The van der Waals surface area contributed by atoms with Crippen molar-refractivity contribution >= 4 is 5.97 Å². The molecule has 0 aliphatic heterocycles. The van der Waals surface area contributed by atoms with Gasteiger partial charge in [0.05, 0.1) is 0 Å². The first-order valence-electron chi connectivity index (χ1n) is 7.65. The molecule has 0 aromatic rings. The summed E-state index contributed by atoms with van der Waals surface area (Å²) in [6.07, 6.45) is 18.3. The van der Waals surface area contributed by atoms with Gasteiger partial charge in [-0.15, -0.1) is 0 Å². The van der Waals surface area contributed by atoms with Crippen molar-refractivity contribution in [3.05, 3.63) is 12.2 Å². The van der Waals surface area contributed by atoms with E-state index in [-0.39, 0.29) is 0 Å². The van der Waals surface area contributed by atoms with Crippen LogP contribution in [0.4, 0.5) is 0 Å². The molecule has 0 unspecified atom stereocenters. The third-order valence-corrected chi connectivity index (χ3v) is 3.23. The van der Waals surface area contributed by atoms with Gasteiger partial charge in [-0.25, -0.2) is 9.90 Å². The van der Waals surface area contributed by atoms with Crippen LogP contribution in [0.25, 0.3) is 0 Å². The highest BCUT2D eigenvalue weighted by Crippen LogP contribution is 2.11. The van der Waals surface area contributed by atoms with Crippen LogP contribution in [-0.2, 0) is 9.90 Å². The maximum absolute atomic E-state index is 10.1. The first-order chi connectivity index (χ1) is 8.77. The molecule has 0 fully saturated rings. The fourth-order valence-electron chi connectivity index (χ4n) is 2.11. The van der Waals surface area contributed by atoms with Gasteiger partial charge in [-0.3, -0.25) is 0 Å². The zero-order valence-electron chi connectivity index (χ0n) is 12.0. The Morgan fingerprint density at radius 2 is 1.22 bits per heavy atom. The molecule has 0 atom stereocenters. The van der Waals surface area contributed by atoms with Crippen LogP contribution in [0.2, 0.25) is 0 Å². The molecule has 0 bridgehead atoms. The summed E-state index contributed by atoms with van der Waals surface area (Å²) in [6, 6.07) is 0. The van der Waals surface area contributed by atoms with Gasteiger partial charge in [0.15, 0.2) is 0 Å². The van der Waals surface area contributed by atoms with Gasteiger partial charge in [0.25, 0.3) is 0 Å². The Bertz CT molecular complexity index is 209. The smallest absolute Gasteiger partial charge is 0.242 e. The normalized spacial score (nSPS) is 11.2. The van der Waals surface area contributed by atoms with E-state index in [1.165, 1.54) is 64.2 Å². The van der Waals surface area contributed by atoms with E-state index in [2.05, 4.69) is 6.92 Å². The Hall–Kier alpha value is -0.790. The molecule has 0 aromatic carbocycles. The fourth-order valence-corrected chi connectivity index (χ4v) is 2.11. The Kier molecular flexibility index (Phi) is 13.6. The summed E-state index contributed by atoms with van der Waals surface area (Å²) in [7, 11) is 0. The fraction of sp³-hybridized carbons (Fsp3) is 0.812. The summed E-state index contributed by atoms with van der Waals surface area (Å²) in [5, 5.41) is 10.1. The molecule has 0 aliphatic rings. The number of carbonyl (C=O) groups is 1. The molecule has 0 saturated heterocycles. The Balaban J connectivity index is 3.01. The summed E-state index contributed by atoms with van der Waals surface area (Å²) in [4.78, 5) is 10.1. The van der Waals surface area contributed by atoms with Gasteiger partial charge in [0.1, 0.15) is 0 Å². The van der Waals surface area contributed by atoms with Crippen molar-refractivity contribution in [2.24, 2.45) is 0 Å². The maximum Gasteiger partial charge on any atom is 0.378 e. The van der Waals surface area contributed by atoms with Crippen molar-refractivity contribution in [3.63, 3.8) is 0 Å². The molecule has 0 N–H and O–H groups in total. The molecule has 1 radical (unpaired) electrons. The van der Waals surface area contributed by atoms with Crippen LogP contribution < -0.4 is 0 Å². The Morgan fingerprint density at radius 1 is 0.778 bits per heavy atom. The monoisotopic (exact) mass is 253 g/mol. The second kappa shape index (κ2) is 14.3. The van der Waals surface area contributed by atoms with Gasteiger partial charge in [-0.05, 0) is 12.8 Å². The number of hydrogen-bond acceptors (Lipinski definition) is 1. The molecule has 0 aliphatic carbocycles. The third-order valence-electron chi connectivity index (χ3n) is 3.23. The van der Waals surface area contributed by atoms with E-state index in [1.807, 2.05) is 0 Å². The van der Waals surface area contributed by atoms with Crippen LogP contribution in [-0.4, -0.2) is 5.97 Å². The Morgan fingerprint density at radius 3 is 1.67 bits per heavy atom. The second-order valence-corrected chi connectivity index (χ2v) is 5.05. The number of allylic oxidation sites excluding steroid dienone is 1. The molecular weight excluding hydrogens is 224 g/mol. The molecule has 0 rings (SSSR count). The van der Waals surface area contributed by atoms with Crippen LogP contribution in [0.5, 0.6) is 0 Å². The summed E-state index contributed by atoms with van der Waals surface area (Å²) in [5.41, 5.74) is 0. The molecule has 0 amide bonds. The van der Waals surface area contributed by atoms with Crippen molar-refractivity contribution in [1.29, 1.82) is 0 Å². The largest absolute Gasteiger partial charge is 0.378 e. The SMILES string of the molecule is CCCCCCCCCCCCCC=CC([O])=O. The van der Waals surface area contributed by atoms with E-state index in [1.54, 1.807) is 6.08 Å². The molecule has 0 spiro atoms. The van der Waals surface area contributed by atoms with E-state index in [0.29, 0.717) is 0 Å². The molecule has 0 aromatic heterocycles. The molecule has 0 heterocycles. The van der Waals surface area contributed by atoms with Crippen molar-refractivity contribution in [2.75, 3.05) is 0 Å². The number of carbonyl (C=O) groups excluding carboxylic acids is 1. The predicted molar refractivity (Wildman–Crippen MR) is 75.9 cm³/mol. The lowest BCUT2D eigenvalue weighted by Crippen LogP contribution is -1.84. The number of rotatable bonds is 13. The number of hydrogen-bond donors (Lipinski definition) is 0. The van der Waals surface area contributed by atoms with Crippen molar-refractivity contribution < 1.29 is 9.90 Å². The molecule has 2 nitrogen and oxygen atoms in total. The van der Waals surface area contributed by atoms with Gasteiger partial charge in [0, 0.05) is 6.08 Å². The molecule has 18 heavy (non-hydrogen) atoms. The zero-order chi connectivity index (χ0) is 13.5. The first-order valence-corrected chi connectivity index (χ1v) is 7.65. The topological polar surface area (TPSA) is 37.0 Å². The molecule has 105 valence electrons. The van der Waals surface area contributed by atoms with Gasteiger partial charge in [-0.2, -0.15) is 0 Å². The zero-order valence-corrected chi connectivity index (χ0v) is 12.0. The minimum atomic E-state index is -1.09. The predicted octanol–water partition coefficient (Wildman–Crippen LogP) is 5.20. The van der Waals surface area contributed by atoms with E-state index < -0.39 is 5.97 Å². The van der Waals surface area contributed by atoms with E-state index >= 15 is 0 Å². The van der Waals surface area contributed by atoms with Crippen LogP contribution >= 0.6 is 0 Å².